The number of hydrogen-bond donors (Lipinski definition) is 1. The molecule has 142 valence electrons. The van der Waals surface area contributed by atoms with E-state index in [-0.39, 0.29) is 12.4 Å². The van der Waals surface area contributed by atoms with Crippen LogP contribution >= 0.6 is 0 Å². The number of amides is 1. The van der Waals surface area contributed by atoms with E-state index in [1.807, 2.05) is 32.0 Å². The Labute approximate surface area is 158 Å². The first-order chi connectivity index (χ1) is 12.8. The first-order valence-electron chi connectivity index (χ1n) is 8.57. The predicted octanol–water partition coefficient (Wildman–Crippen LogP) is 3.46. The van der Waals surface area contributed by atoms with Gasteiger partial charge in [-0.1, -0.05) is 17.7 Å². The number of esters is 1. The van der Waals surface area contributed by atoms with Crippen molar-refractivity contribution in [2.75, 3.05) is 11.9 Å². The first-order valence-corrected chi connectivity index (χ1v) is 8.57. The summed E-state index contributed by atoms with van der Waals surface area (Å²) in [5.74, 6) is -0.691. The minimum absolute atomic E-state index is 0.0513. The van der Waals surface area contributed by atoms with Crippen molar-refractivity contribution < 1.29 is 23.9 Å². The third-order valence-corrected chi connectivity index (χ3v) is 3.93. The van der Waals surface area contributed by atoms with Gasteiger partial charge in [0.05, 0.1) is 0 Å². The number of carbonyl (C=O) groups excluding carboxylic acids is 3. The number of carbonyl (C=O) groups is 3. The normalized spacial score (nSPS) is 11.4. The van der Waals surface area contributed by atoms with Crippen LogP contribution in [0.2, 0.25) is 0 Å². The Balaban J connectivity index is 1.83. The highest BCUT2D eigenvalue weighted by atomic mass is 16.6. The van der Waals surface area contributed by atoms with Crippen LogP contribution < -0.4 is 10.1 Å². The van der Waals surface area contributed by atoms with Gasteiger partial charge in [0, 0.05) is 11.3 Å². The minimum atomic E-state index is -0.957. The number of hydrogen-bond acceptors (Lipinski definition) is 5. The van der Waals surface area contributed by atoms with Crippen molar-refractivity contribution in [3.05, 3.63) is 59.2 Å². The van der Waals surface area contributed by atoms with E-state index in [0.717, 1.165) is 11.1 Å². The van der Waals surface area contributed by atoms with E-state index in [4.69, 9.17) is 9.47 Å². The summed E-state index contributed by atoms with van der Waals surface area (Å²) in [7, 11) is 0. The van der Waals surface area contributed by atoms with Crippen molar-refractivity contribution in [3.63, 3.8) is 0 Å². The van der Waals surface area contributed by atoms with Gasteiger partial charge in [0.1, 0.15) is 5.75 Å². The summed E-state index contributed by atoms with van der Waals surface area (Å²) in [4.78, 5) is 35.3. The first kappa shape index (κ1) is 20.2. The molecule has 2 rings (SSSR count). The highest BCUT2D eigenvalue weighted by Crippen LogP contribution is 2.17. The Kier molecular flexibility index (Phi) is 6.71. The van der Waals surface area contributed by atoms with Crippen LogP contribution in [-0.2, 0) is 14.3 Å². The van der Waals surface area contributed by atoms with Gasteiger partial charge in [-0.3, -0.25) is 9.59 Å². The second-order valence-corrected chi connectivity index (χ2v) is 6.31. The van der Waals surface area contributed by atoms with E-state index in [0.29, 0.717) is 17.0 Å². The SMILES string of the molecule is CC(=O)c1ccc(OCC(=O)O[C@H](C)C(=O)Nc2ccc(C)cc2C)cc1. The fourth-order valence-corrected chi connectivity index (χ4v) is 2.40. The Morgan fingerprint density at radius 1 is 1.04 bits per heavy atom. The van der Waals surface area contributed by atoms with Crippen LogP contribution in [0.25, 0.3) is 0 Å². The van der Waals surface area contributed by atoms with Gasteiger partial charge in [0.25, 0.3) is 5.91 Å². The summed E-state index contributed by atoms with van der Waals surface area (Å²) in [5, 5.41) is 2.74. The molecular formula is C21H23NO5. The molecule has 0 aliphatic rings. The topological polar surface area (TPSA) is 81.7 Å². The van der Waals surface area contributed by atoms with Crippen LogP contribution in [0.1, 0.15) is 35.3 Å². The molecule has 6 heteroatoms. The fourth-order valence-electron chi connectivity index (χ4n) is 2.40. The number of nitrogens with one attached hydrogen (secondary N) is 1. The zero-order valence-corrected chi connectivity index (χ0v) is 15.9. The summed E-state index contributed by atoms with van der Waals surface area (Å²) in [6.07, 6.45) is -0.957. The molecule has 0 bridgehead atoms. The molecule has 0 radical (unpaired) electrons. The van der Waals surface area contributed by atoms with Gasteiger partial charge in [0.15, 0.2) is 18.5 Å². The molecular weight excluding hydrogens is 346 g/mol. The number of rotatable bonds is 7. The molecule has 0 aliphatic heterocycles. The van der Waals surface area contributed by atoms with Crippen molar-refractivity contribution in [2.24, 2.45) is 0 Å². The maximum absolute atomic E-state index is 12.2. The molecule has 6 nitrogen and oxygen atoms in total. The molecule has 0 spiro atoms. The third kappa shape index (κ3) is 5.95. The lowest BCUT2D eigenvalue weighted by molar-refractivity contribution is -0.155. The quantitative estimate of drug-likeness (QED) is 0.597. The van der Waals surface area contributed by atoms with E-state index in [1.165, 1.54) is 13.8 Å². The lowest BCUT2D eigenvalue weighted by Gasteiger charge is -2.15. The van der Waals surface area contributed by atoms with Crippen molar-refractivity contribution in [3.8, 4) is 5.75 Å². The largest absolute Gasteiger partial charge is 0.482 e. The zero-order valence-electron chi connectivity index (χ0n) is 15.9. The highest BCUT2D eigenvalue weighted by Gasteiger charge is 2.19. The van der Waals surface area contributed by atoms with Crippen molar-refractivity contribution in [1.82, 2.24) is 0 Å². The molecule has 0 saturated carbocycles. The second kappa shape index (κ2) is 8.98. The Hall–Kier alpha value is -3.15. The monoisotopic (exact) mass is 369 g/mol. The van der Waals surface area contributed by atoms with E-state index in [9.17, 15) is 14.4 Å². The van der Waals surface area contributed by atoms with Gasteiger partial charge < -0.3 is 14.8 Å². The Morgan fingerprint density at radius 2 is 1.70 bits per heavy atom. The lowest BCUT2D eigenvalue weighted by Crippen LogP contribution is -2.31. The third-order valence-electron chi connectivity index (χ3n) is 3.93. The van der Waals surface area contributed by atoms with Gasteiger partial charge in [-0.25, -0.2) is 4.79 Å². The van der Waals surface area contributed by atoms with Crippen molar-refractivity contribution in [2.45, 2.75) is 33.8 Å². The van der Waals surface area contributed by atoms with E-state index >= 15 is 0 Å². The lowest BCUT2D eigenvalue weighted by atomic mass is 10.1. The van der Waals surface area contributed by atoms with Crippen LogP contribution in [0.4, 0.5) is 5.69 Å². The molecule has 0 heterocycles. The van der Waals surface area contributed by atoms with Crippen molar-refractivity contribution in [1.29, 1.82) is 0 Å². The molecule has 1 atom stereocenters. The van der Waals surface area contributed by atoms with Gasteiger partial charge in [-0.15, -0.1) is 0 Å². The van der Waals surface area contributed by atoms with Gasteiger partial charge in [-0.2, -0.15) is 0 Å². The van der Waals surface area contributed by atoms with E-state index < -0.39 is 18.0 Å². The Morgan fingerprint density at radius 3 is 2.30 bits per heavy atom. The number of aryl methyl sites for hydroxylation is 2. The number of benzene rings is 2. The molecule has 0 aromatic heterocycles. The zero-order chi connectivity index (χ0) is 20.0. The number of Topliss-reactive ketones (excluding diaryl/α,β-unsaturated/α-hetero) is 1. The van der Waals surface area contributed by atoms with Crippen LogP contribution in [-0.4, -0.2) is 30.4 Å². The number of ether oxygens (including phenoxy) is 2. The molecule has 1 amide bonds. The maximum Gasteiger partial charge on any atom is 0.344 e. The molecule has 0 saturated heterocycles. The van der Waals surface area contributed by atoms with Crippen LogP contribution in [0.5, 0.6) is 5.75 Å². The molecule has 0 fully saturated rings. The molecule has 27 heavy (non-hydrogen) atoms. The average molecular weight is 369 g/mol. The van der Waals surface area contributed by atoms with Gasteiger partial charge >= 0.3 is 5.97 Å². The minimum Gasteiger partial charge on any atom is -0.482 e. The Bertz CT molecular complexity index is 842. The number of ketones is 1. The summed E-state index contributed by atoms with van der Waals surface area (Å²) >= 11 is 0. The molecule has 2 aromatic rings. The molecule has 2 aromatic carbocycles. The van der Waals surface area contributed by atoms with Crippen LogP contribution in [0.3, 0.4) is 0 Å². The summed E-state index contributed by atoms with van der Waals surface area (Å²) in [5.41, 5.74) is 3.26. The standard InChI is InChI=1S/C21H23NO5/c1-13-5-10-19(14(2)11-13)22-21(25)16(4)27-20(24)12-26-18-8-6-17(7-9-18)15(3)23/h5-11,16H,12H2,1-4H3,(H,22,25)/t16-/m1/s1. The van der Waals surface area contributed by atoms with Gasteiger partial charge in [-0.05, 0) is 63.6 Å². The fraction of sp³-hybridized carbons (Fsp3) is 0.286. The predicted molar refractivity (Wildman–Crippen MR) is 102 cm³/mol. The van der Waals surface area contributed by atoms with E-state index in [2.05, 4.69) is 5.32 Å². The summed E-state index contributed by atoms with van der Waals surface area (Å²) < 4.78 is 10.4. The summed E-state index contributed by atoms with van der Waals surface area (Å²) in [6.45, 7) is 6.50. The van der Waals surface area contributed by atoms with Crippen LogP contribution in [0.15, 0.2) is 42.5 Å². The maximum atomic E-state index is 12.2. The highest BCUT2D eigenvalue weighted by molar-refractivity contribution is 5.96. The van der Waals surface area contributed by atoms with Crippen molar-refractivity contribution >= 4 is 23.3 Å². The second-order valence-electron chi connectivity index (χ2n) is 6.31. The molecule has 0 unspecified atom stereocenters. The number of anilines is 1. The van der Waals surface area contributed by atoms with Gasteiger partial charge in [0.2, 0.25) is 0 Å². The average Bonchev–Trinajstić information content (AvgIpc) is 2.62. The smallest absolute Gasteiger partial charge is 0.344 e. The van der Waals surface area contributed by atoms with Crippen LogP contribution in [0, 0.1) is 13.8 Å². The van der Waals surface area contributed by atoms with E-state index in [1.54, 1.807) is 24.3 Å². The summed E-state index contributed by atoms with van der Waals surface area (Å²) in [6, 6.07) is 12.1. The molecule has 1 N–H and O–H groups in total. The molecule has 0 aliphatic carbocycles.